The Kier molecular flexibility index (Phi) is 20.9. The van der Waals surface area contributed by atoms with E-state index in [1.807, 2.05) is 5.32 Å². The van der Waals surface area contributed by atoms with Crippen LogP contribution >= 0.6 is 0 Å². The molecule has 1 aliphatic carbocycles. The number of carbonyl (C=O) groups excluding carboxylic acids is 8. The topological polar surface area (TPSA) is 521 Å². The Morgan fingerprint density at radius 1 is 0.438 bits per heavy atom. The first-order valence-corrected chi connectivity index (χ1v) is 22.5. The summed E-state index contributed by atoms with van der Waals surface area (Å²) in [5.74, 6) is -25.8. The van der Waals surface area contributed by atoms with Crippen molar-refractivity contribution < 1.29 is 117 Å². The van der Waals surface area contributed by atoms with E-state index in [1.165, 1.54) is 0 Å². The number of carbonyl (C=O) groups is 12. The zero-order valence-electron chi connectivity index (χ0n) is 32.4. The maximum atomic E-state index is 13.8. The Labute approximate surface area is 360 Å². The summed E-state index contributed by atoms with van der Waals surface area (Å²) in [6, 6.07) is -14.6. The van der Waals surface area contributed by atoms with Crippen LogP contribution in [0.2, 0.25) is 0 Å². The Hall–Kier alpha value is -6.23. The van der Waals surface area contributed by atoms with Gasteiger partial charge in [-0.25, -0.2) is 19.2 Å². The highest BCUT2D eigenvalue weighted by atomic mass is 32.2. The van der Waals surface area contributed by atoms with E-state index in [9.17, 15) is 103 Å². The van der Waals surface area contributed by atoms with E-state index >= 15 is 0 Å². The molecule has 6 unspecified atom stereocenters. The Bertz CT molecular complexity index is 2180. The van der Waals surface area contributed by atoms with Crippen molar-refractivity contribution in [3.8, 4) is 0 Å². The first-order chi connectivity index (χ1) is 29.2. The molecule has 0 aliphatic heterocycles. The van der Waals surface area contributed by atoms with Crippen molar-refractivity contribution in [1.82, 2.24) is 31.9 Å². The van der Waals surface area contributed by atoms with Crippen molar-refractivity contribution >= 4 is 102 Å². The lowest BCUT2D eigenvalue weighted by atomic mass is 9.76. The third-order valence-corrected chi connectivity index (χ3v) is 10.9. The minimum Gasteiger partial charge on any atom is -0.480 e. The molecule has 0 saturated heterocycles. The van der Waals surface area contributed by atoms with Gasteiger partial charge in [0.25, 0.3) is 30.4 Å². The molecule has 34 heteroatoms. The molecule has 1 saturated carbocycles. The van der Waals surface area contributed by atoms with Gasteiger partial charge in [-0.15, -0.1) is 0 Å². The number of hydrogen-bond acceptors (Lipinski definition) is 18. The van der Waals surface area contributed by atoms with Gasteiger partial charge in [-0.1, -0.05) is 0 Å². The summed E-state index contributed by atoms with van der Waals surface area (Å²) in [5.41, 5.74) is 0. The van der Waals surface area contributed by atoms with Crippen molar-refractivity contribution in [3.05, 3.63) is 0 Å². The summed E-state index contributed by atoms with van der Waals surface area (Å²) in [6.07, 6.45) is -3.99. The van der Waals surface area contributed by atoms with E-state index in [-0.39, 0.29) is 19.3 Å². The standard InChI is InChI=1S/C30H42N6O25S3/c37-7-12-1-13(8-38)3-14(2-12)24(42)34-15(4-21(39)31-18(28(47)48)9-62(53,54)55)25(43)35-16(5-22(40)32-19(29(49)50)10-63(56,57)58)26(44)36-17(27(45)46)6-23(41)33-20(30(51)52)11-64(59,60)61/h7-8,12-20H,1-6,9-11H2,(H,31,39)(H,32,40)(H,33,41)(H,34,42)(H,35,43)(H,36,44)(H,45,46)(H,47,48)(H,49,50)(H,51,52)(H,53,54,55)(H,56,57,58)(H,59,60,61)/t12-,13+,14-,15?,16?,17?,18?,19?,20?. The van der Waals surface area contributed by atoms with Crippen LogP contribution in [0.5, 0.6) is 0 Å². The van der Waals surface area contributed by atoms with Crippen LogP contribution in [0.15, 0.2) is 0 Å². The number of carboxylic acids is 4. The largest absolute Gasteiger partial charge is 0.480 e. The molecule has 13 N–H and O–H groups in total. The van der Waals surface area contributed by atoms with Gasteiger partial charge in [-0.3, -0.25) is 42.4 Å². The van der Waals surface area contributed by atoms with Gasteiger partial charge in [-0.05, 0) is 19.3 Å². The summed E-state index contributed by atoms with van der Waals surface area (Å²) in [4.78, 5) is 149. The molecule has 0 bridgehead atoms. The summed E-state index contributed by atoms with van der Waals surface area (Å²) in [7, 11) is -15.3. The number of rotatable bonds is 27. The molecule has 0 radical (unpaired) electrons. The Balaban J connectivity index is 3.71. The maximum Gasteiger partial charge on any atom is 0.327 e. The second-order valence-electron chi connectivity index (χ2n) is 14.0. The third kappa shape index (κ3) is 21.2. The number of carboxylic acid groups (broad SMARTS) is 4. The van der Waals surface area contributed by atoms with Gasteiger partial charge < -0.3 is 61.9 Å². The number of nitrogens with one attached hydrogen (secondary N) is 6. The average molecular weight is 983 g/mol. The van der Waals surface area contributed by atoms with Crippen molar-refractivity contribution in [3.63, 3.8) is 0 Å². The van der Waals surface area contributed by atoms with Gasteiger partial charge in [0.15, 0.2) is 0 Å². The molecule has 9 atom stereocenters. The molecule has 0 aromatic rings. The second-order valence-corrected chi connectivity index (χ2v) is 18.4. The fraction of sp³-hybridized carbons (Fsp3) is 0.600. The van der Waals surface area contributed by atoms with Crippen molar-refractivity contribution in [2.24, 2.45) is 17.8 Å². The smallest absolute Gasteiger partial charge is 0.327 e. The number of aliphatic carboxylic acids is 4. The molecule has 64 heavy (non-hydrogen) atoms. The van der Waals surface area contributed by atoms with Gasteiger partial charge >= 0.3 is 23.9 Å². The maximum absolute atomic E-state index is 13.8. The zero-order chi connectivity index (χ0) is 49.5. The molecule has 0 spiro atoms. The van der Waals surface area contributed by atoms with Gasteiger partial charge in [0.1, 0.15) is 66.1 Å². The fourth-order valence-electron chi connectivity index (χ4n) is 5.77. The van der Waals surface area contributed by atoms with E-state index in [1.54, 1.807) is 26.6 Å². The monoisotopic (exact) mass is 982 g/mol. The van der Waals surface area contributed by atoms with Crippen LogP contribution in [0.25, 0.3) is 0 Å². The summed E-state index contributed by atoms with van der Waals surface area (Å²) < 4.78 is 94.9. The minimum atomic E-state index is -5.15. The SMILES string of the molecule is O=C[C@@H]1C[C@H](C=O)C[C@H](C(=O)NC(CC(=O)NC(CS(=O)(=O)O)C(=O)O)C(=O)NC(CC(=O)NC(CS(=O)(=O)O)C(=O)O)C(=O)NC(CC(=O)NC(CS(=O)(=O)O)C(=O)O)C(=O)O)C1. The van der Waals surface area contributed by atoms with Gasteiger partial charge in [-0.2, -0.15) is 25.3 Å². The molecule has 31 nitrogen and oxygen atoms in total. The molecule has 6 amide bonds. The van der Waals surface area contributed by atoms with Crippen LogP contribution in [0.3, 0.4) is 0 Å². The quantitative estimate of drug-likeness (QED) is 0.0269. The molecule has 1 fully saturated rings. The highest BCUT2D eigenvalue weighted by molar-refractivity contribution is 7.86. The summed E-state index contributed by atoms with van der Waals surface area (Å²) in [5, 5.41) is 47.8. The van der Waals surface area contributed by atoms with E-state index in [2.05, 4.69) is 0 Å². The molecular weight excluding hydrogens is 941 g/mol. The normalized spacial score (nSPS) is 19.3. The molecule has 360 valence electrons. The molecule has 1 rings (SSSR count). The van der Waals surface area contributed by atoms with E-state index in [0.29, 0.717) is 12.6 Å². The van der Waals surface area contributed by atoms with Crippen molar-refractivity contribution in [2.45, 2.75) is 74.8 Å². The van der Waals surface area contributed by atoms with Crippen molar-refractivity contribution in [1.29, 1.82) is 0 Å². The predicted molar refractivity (Wildman–Crippen MR) is 202 cm³/mol. The molecule has 1 aliphatic rings. The van der Waals surface area contributed by atoms with E-state index < -0.39 is 180 Å². The lowest BCUT2D eigenvalue weighted by Crippen LogP contribution is -2.59. The summed E-state index contributed by atoms with van der Waals surface area (Å²) in [6.45, 7) is 0. The van der Waals surface area contributed by atoms with E-state index in [0.717, 1.165) is 0 Å². The van der Waals surface area contributed by atoms with Crippen LogP contribution < -0.4 is 31.9 Å². The first-order valence-electron chi connectivity index (χ1n) is 17.7. The predicted octanol–water partition coefficient (Wildman–Crippen LogP) is -7.50. The Morgan fingerprint density at radius 2 is 0.719 bits per heavy atom. The number of hydrogen-bond donors (Lipinski definition) is 13. The van der Waals surface area contributed by atoms with Crippen LogP contribution in [0.1, 0.15) is 38.5 Å². The van der Waals surface area contributed by atoms with E-state index in [4.69, 9.17) is 13.7 Å². The average Bonchev–Trinajstić information content (AvgIpc) is 3.14. The highest BCUT2D eigenvalue weighted by Gasteiger charge is 2.38. The van der Waals surface area contributed by atoms with Gasteiger partial charge in [0.2, 0.25) is 35.4 Å². The lowest BCUT2D eigenvalue weighted by Gasteiger charge is -2.30. The van der Waals surface area contributed by atoms with Gasteiger partial charge in [0, 0.05) is 17.8 Å². The summed E-state index contributed by atoms with van der Waals surface area (Å²) >= 11 is 0. The highest BCUT2D eigenvalue weighted by Crippen LogP contribution is 2.31. The molecule has 0 heterocycles. The third-order valence-electron chi connectivity index (χ3n) is 8.62. The minimum absolute atomic E-state index is 0.0168. The lowest BCUT2D eigenvalue weighted by molar-refractivity contribution is -0.145. The van der Waals surface area contributed by atoms with Crippen LogP contribution in [-0.4, -0.2) is 185 Å². The van der Waals surface area contributed by atoms with Gasteiger partial charge in [0.05, 0.1) is 19.3 Å². The Morgan fingerprint density at radius 3 is 1.00 bits per heavy atom. The fourth-order valence-corrected chi connectivity index (χ4v) is 7.71. The first kappa shape index (κ1) is 55.8. The molecule has 0 aromatic carbocycles. The van der Waals surface area contributed by atoms with Crippen molar-refractivity contribution in [2.75, 3.05) is 17.3 Å². The zero-order valence-corrected chi connectivity index (χ0v) is 34.9. The van der Waals surface area contributed by atoms with Crippen LogP contribution in [-0.2, 0) is 87.9 Å². The number of amides is 6. The second kappa shape index (κ2) is 24.0. The molecule has 0 aromatic heterocycles. The van der Waals surface area contributed by atoms with Crippen LogP contribution in [0, 0.1) is 17.8 Å². The van der Waals surface area contributed by atoms with Crippen LogP contribution in [0.4, 0.5) is 0 Å². The molecular formula is C30H42N6O25S3. The number of aldehydes is 2.